The van der Waals surface area contributed by atoms with Gasteiger partial charge in [-0.25, -0.2) is 9.97 Å². The molecule has 0 saturated heterocycles. The van der Waals surface area contributed by atoms with Crippen molar-refractivity contribution in [3.63, 3.8) is 0 Å². The van der Waals surface area contributed by atoms with E-state index in [1.807, 2.05) is 30.3 Å². The minimum atomic E-state index is -1.66. The number of carbonyl (C=O) groups is 4. The number of Topliss-reactive ketones (excluding diaryl/α,β-unsaturated/α-hetero) is 1. The Hall–Kier alpha value is -4.81. The van der Waals surface area contributed by atoms with Crippen LogP contribution in [0.3, 0.4) is 0 Å². The summed E-state index contributed by atoms with van der Waals surface area (Å²) in [4.78, 5) is 73.0. The molecule has 0 spiro atoms. The Labute approximate surface area is 260 Å². The van der Waals surface area contributed by atoms with E-state index in [-0.39, 0.29) is 33.5 Å². The van der Waals surface area contributed by atoms with Crippen LogP contribution in [0.4, 0.5) is 5.69 Å². The number of nitrogens with one attached hydrogen (secondary N) is 2. The normalized spacial score (nSPS) is 12.8. The molecule has 2 amide bonds. The summed E-state index contributed by atoms with van der Waals surface area (Å²) in [7, 11) is 0. The number of fused-ring (bicyclic) bond motifs is 1. The standard InChI is InChI=1S/C30H25Cl2N5O7/c31-17-8-4-9-18(32)24(17)20-15-33-29(44-20)27(41)19(14-23(39)40)34-28(42)25-26(30(43)37-13-5-10-21(37)35-25)36-22(38)12-11-16-6-2-1-3-7-16/h1-4,6-9,15,19H,5,10-14H2,(H,34,42)(H,36,38)(H,39,40)/t19-/m0/s1. The molecule has 226 valence electrons. The number of benzene rings is 2. The smallest absolute Gasteiger partial charge is 0.305 e. The molecule has 0 saturated carbocycles. The number of oxazole rings is 1. The van der Waals surface area contributed by atoms with Gasteiger partial charge >= 0.3 is 5.97 Å². The molecule has 0 bridgehead atoms. The number of hydrogen-bond donors (Lipinski definition) is 3. The van der Waals surface area contributed by atoms with Gasteiger partial charge in [0.15, 0.2) is 11.5 Å². The van der Waals surface area contributed by atoms with Crippen molar-refractivity contribution in [3.05, 3.63) is 98.1 Å². The van der Waals surface area contributed by atoms with Crippen LogP contribution in [0.1, 0.15) is 51.8 Å². The Balaban J connectivity index is 1.41. The van der Waals surface area contributed by atoms with Gasteiger partial charge in [0, 0.05) is 19.4 Å². The van der Waals surface area contributed by atoms with Crippen LogP contribution in [0.25, 0.3) is 11.3 Å². The van der Waals surface area contributed by atoms with Crippen molar-refractivity contribution in [2.24, 2.45) is 0 Å². The lowest BCUT2D eigenvalue weighted by molar-refractivity contribution is -0.137. The first-order valence-electron chi connectivity index (χ1n) is 13.6. The largest absolute Gasteiger partial charge is 0.481 e. The first-order valence-corrected chi connectivity index (χ1v) is 14.3. The van der Waals surface area contributed by atoms with Gasteiger partial charge in [-0.05, 0) is 30.5 Å². The number of carboxylic acid groups (broad SMARTS) is 1. The van der Waals surface area contributed by atoms with Crippen LogP contribution in [0.5, 0.6) is 0 Å². The van der Waals surface area contributed by atoms with Gasteiger partial charge in [-0.3, -0.25) is 28.5 Å². The summed E-state index contributed by atoms with van der Waals surface area (Å²) in [5.41, 5.74) is -0.238. The van der Waals surface area contributed by atoms with Crippen molar-refractivity contribution < 1.29 is 28.7 Å². The van der Waals surface area contributed by atoms with Crippen LogP contribution in [0.15, 0.2) is 63.9 Å². The first kappa shape index (κ1) is 30.6. The van der Waals surface area contributed by atoms with Gasteiger partial charge in [0.05, 0.1) is 28.2 Å². The highest BCUT2D eigenvalue weighted by Gasteiger charge is 2.32. The minimum Gasteiger partial charge on any atom is -0.481 e. The number of rotatable bonds is 11. The van der Waals surface area contributed by atoms with Crippen LogP contribution in [0.2, 0.25) is 10.0 Å². The molecule has 44 heavy (non-hydrogen) atoms. The van der Waals surface area contributed by atoms with Gasteiger partial charge in [0.25, 0.3) is 17.4 Å². The predicted molar refractivity (Wildman–Crippen MR) is 160 cm³/mol. The quantitative estimate of drug-likeness (QED) is 0.204. The highest BCUT2D eigenvalue weighted by Crippen LogP contribution is 2.35. The number of amides is 2. The lowest BCUT2D eigenvalue weighted by Gasteiger charge is -2.17. The van der Waals surface area contributed by atoms with Crippen molar-refractivity contribution in [1.82, 2.24) is 19.9 Å². The fourth-order valence-electron chi connectivity index (χ4n) is 4.79. The van der Waals surface area contributed by atoms with E-state index in [0.717, 1.165) is 5.56 Å². The molecule has 2 aromatic heterocycles. The van der Waals surface area contributed by atoms with Crippen LogP contribution in [-0.2, 0) is 29.0 Å². The molecule has 4 aromatic rings. The SMILES string of the molecule is O=C(O)C[C@H](NC(=O)c1nc2n(c(=O)c1NC(=O)CCc1ccccc1)CCC2)C(=O)c1ncc(-c2c(Cl)cccc2Cl)o1. The van der Waals surface area contributed by atoms with Gasteiger partial charge in [-0.1, -0.05) is 59.6 Å². The van der Waals surface area contributed by atoms with Gasteiger partial charge in [0.2, 0.25) is 11.7 Å². The monoisotopic (exact) mass is 637 g/mol. The van der Waals surface area contributed by atoms with Crippen LogP contribution >= 0.6 is 23.2 Å². The number of hydrogen-bond acceptors (Lipinski definition) is 8. The maximum absolute atomic E-state index is 13.5. The van der Waals surface area contributed by atoms with Gasteiger partial charge < -0.3 is 20.2 Å². The lowest BCUT2D eigenvalue weighted by Crippen LogP contribution is -2.44. The summed E-state index contributed by atoms with van der Waals surface area (Å²) < 4.78 is 6.94. The highest BCUT2D eigenvalue weighted by molar-refractivity contribution is 6.39. The topological polar surface area (TPSA) is 173 Å². The Bertz CT molecular complexity index is 1800. The maximum atomic E-state index is 13.5. The molecule has 0 fully saturated rings. The first-order chi connectivity index (χ1) is 21.1. The van der Waals surface area contributed by atoms with Crippen molar-refractivity contribution in [3.8, 4) is 11.3 Å². The number of carboxylic acids is 1. The zero-order valence-corrected chi connectivity index (χ0v) is 24.5. The molecule has 1 aliphatic rings. The van der Waals surface area contributed by atoms with E-state index >= 15 is 0 Å². The number of halogens is 2. The Morgan fingerprint density at radius 2 is 1.77 bits per heavy atom. The summed E-state index contributed by atoms with van der Waals surface area (Å²) in [5.74, 6) is -4.03. The number of carbonyl (C=O) groups excluding carboxylic acids is 3. The van der Waals surface area contributed by atoms with E-state index in [9.17, 15) is 29.1 Å². The summed E-state index contributed by atoms with van der Waals surface area (Å²) in [6, 6.07) is 12.3. The molecule has 3 N–H and O–H groups in total. The van der Waals surface area contributed by atoms with Crippen LogP contribution in [-0.4, -0.2) is 49.3 Å². The average Bonchev–Trinajstić information content (AvgIpc) is 3.67. The maximum Gasteiger partial charge on any atom is 0.305 e. The van der Waals surface area contributed by atoms with E-state index in [1.165, 1.54) is 10.8 Å². The molecule has 0 aliphatic carbocycles. The number of aryl methyl sites for hydroxylation is 2. The second-order valence-corrected chi connectivity index (χ2v) is 10.8. The fourth-order valence-corrected chi connectivity index (χ4v) is 5.38. The van der Waals surface area contributed by atoms with Crippen molar-refractivity contribution in [1.29, 1.82) is 0 Å². The predicted octanol–water partition coefficient (Wildman–Crippen LogP) is 4.18. The zero-order chi connectivity index (χ0) is 31.4. The molecule has 1 aliphatic heterocycles. The number of nitrogens with zero attached hydrogens (tertiary/aromatic N) is 3. The Morgan fingerprint density at radius 3 is 2.48 bits per heavy atom. The number of anilines is 1. The Kier molecular flexibility index (Phi) is 9.21. The Morgan fingerprint density at radius 1 is 1.05 bits per heavy atom. The molecule has 14 heteroatoms. The average molecular weight is 638 g/mol. The molecule has 2 aromatic carbocycles. The van der Waals surface area contributed by atoms with E-state index in [0.29, 0.717) is 31.6 Å². The zero-order valence-electron chi connectivity index (χ0n) is 23.0. The number of aliphatic carboxylic acids is 1. The number of aromatic nitrogens is 3. The second-order valence-electron chi connectivity index (χ2n) is 9.96. The van der Waals surface area contributed by atoms with Crippen LogP contribution < -0.4 is 16.2 Å². The van der Waals surface area contributed by atoms with Crippen molar-refractivity contribution in [2.45, 2.75) is 44.7 Å². The molecule has 3 heterocycles. The van der Waals surface area contributed by atoms with E-state index in [2.05, 4.69) is 20.6 Å². The second kappa shape index (κ2) is 13.2. The van der Waals surface area contributed by atoms with E-state index in [4.69, 9.17) is 27.6 Å². The van der Waals surface area contributed by atoms with Crippen molar-refractivity contribution >= 4 is 52.5 Å². The fraction of sp³-hybridized carbons (Fsp3) is 0.233. The molecule has 12 nitrogen and oxygen atoms in total. The third kappa shape index (κ3) is 6.71. The summed E-state index contributed by atoms with van der Waals surface area (Å²) in [6.45, 7) is 0.359. The highest BCUT2D eigenvalue weighted by atomic mass is 35.5. The lowest BCUT2D eigenvalue weighted by atomic mass is 10.1. The molecule has 5 rings (SSSR count). The molecule has 0 radical (unpaired) electrons. The van der Waals surface area contributed by atoms with Crippen LogP contribution in [0, 0.1) is 0 Å². The third-order valence-electron chi connectivity index (χ3n) is 6.92. The summed E-state index contributed by atoms with van der Waals surface area (Å²) in [6.07, 6.45) is 1.80. The number of ketones is 1. The van der Waals surface area contributed by atoms with Gasteiger partial charge in [0.1, 0.15) is 17.6 Å². The van der Waals surface area contributed by atoms with E-state index < -0.39 is 53.2 Å². The summed E-state index contributed by atoms with van der Waals surface area (Å²) >= 11 is 12.4. The van der Waals surface area contributed by atoms with E-state index in [1.54, 1.807) is 18.2 Å². The van der Waals surface area contributed by atoms with Gasteiger partial charge in [-0.2, -0.15) is 0 Å². The minimum absolute atomic E-state index is 0.0222. The van der Waals surface area contributed by atoms with Gasteiger partial charge in [-0.15, -0.1) is 0 Å². The third-order valence-corrected chi connectivity index (χ3v) is 7.55. The molecule has 1 atom stereocenters. The molecular formula is C30H25Cl2N5O7. The molecule has 0 unspecified atom stereocenters. The van der Waals surface area contributed by atoms with Crippen molar-refractivity contribution in [2.75, 3.05) is 5.32 Å². The molecular weight excluding hydrogens is 613 g/mol. The summed E-state index contributed by atoms with van der Waals surface area (Å²) in [5, 5.41) is 14.8.